The van der Waals surface area contributed by atoms with Gasteiger partial charge in [-0.25, -0.2) is 0 Å². The van der Waals surface area contributed by atoms with Crippen molar-refractivity contribution in [3.05, 3.63) is 17.9 Å². The summed E-state index contributed by atoms with van der Waals surface area (Å²) in [5.41, 5.74) is 0. The van der Waals surface area contributed by atoms with Crippen LogP contribution in [0.15, 0.2) is 17.9 Å². The molecular weight excluding hydrogens is 919 g/mol. The molecule has 1 fully saturated rings. The summed E-state index contributed by atoms with van der Waals surface area (Å²) >= 11 is 38.6. The minimum Gasteiger partial charge on any atom is -0.0851 e. The predicted octanol–water partition coefficient (Wildman–Crippen LogP) is 8.30. The largest absolute Gasteiger partial charge is 0.119 e. The van der Waals surface area contributed by atoms with Gasteiger partial charge >= 0.3 is 0 Å². The molecule has 0 N–H and O–H groups in total. The lowest BCUT2D eigenvalue weighted by atomic mass is 9.85. The molecule has 112 valence electrons. The smallest absolute Gasteiger partial charge is 0.0851 e. The van der Waals surface area contributed by atoms with Crippen LogP contribution in [0.25, 0.3) is 0 Å². The fraction of sp³-hybridized carbons (Fsp3) is 0.600. The van der Waals surface area contributed by atoms with E-state index in [4.69, 9.17) is 0 Å². The molecule has 0 spiro atoms. The summed E-state index contributed by atoms with van der Waals surface area (Å²) < 4.78 is 2.96. The molecule has 0 heterocycles. The number of allylic oxidation sites excluding steroid dienone is 4. The molecule has 0 aromatic carbocycles. The SMILES string of the molecule is BrC1=C(Br)C2(Br)C(C1(Br)Br)C1(Br)C(Br)=C(Br)C2(Br)C1Br. The Bertz CT molecular complexity index is 593. The molecule has 3 aliphatic carbocycles. The third-order valence-corrected chi connectivity index (χ3v) is 21.1. The Morgan fingerprint density at radius 3 is 1.60 bits per heavy atom. The number of hydrogen-bond donors (Lipinski definition) is 0. The van der Waals surface area contributed by atoms with E-state index in [-0.39, 0.29) is 27.0 Å². The van der Waals surface area contributed by atoms with Crippen molar-refractivity contribution in [1.29, 1.82) is 0 Å². The molecule has 5 unspecified atom stereocenters. The van der Waals surface area contributed by atoms with E-state index in [0.29, 0.717) is 0 Å². The highest BCUT2D eigenvalue weighted by Crippen LogP contribution is 2.84. The molecule has 0 saturated heterocycles. The van der Waals surface area contributed by atoms with Crippen LogP contribution < -0.4 is 0 Å². The molecule has 1 saturated carbocycles. The monoisotopic (exact) mass is 911 g/mol. The van der Waals surface area contributed by atoms with E-state index in [2.05, 4.69) is 159 Å². The molecular formula is C10H2Br10. The van der Waals surface area contributed by atoms with E-state index in [9.17, 15) is 0 Å². The highest BCUT2D eigenvalue weighted by molar-refractivity contribution is 9.27. The molecule has 0 nitrogen and oxygen atoms in total. The van der Waals surface area contributed by atoms with Crippen molar-refractivity contribution in [3.63, 3.8) is 0 Å². The van der Waals surface area contributed by atoms with E-state index >= 15 is 0 Å². The van der Waals surface area contributed by atoms with Gasteiger partial charge in [0.05, 0.1) is 17.8 Å². The summed E-state index contributed by atoms with van der Waals surface area (Å²) in [6, 6.07) is 0. The lowest BCUT2D eigenvalue weighted by molar-refractivity contribution is 0.471. The highest BCUT2D eigenvalue weighted by atomic mass is 79.9. The molecule has 0 radical (unpaired) electrons. The zero-order valence-corrected chi connectivity index (χ0v) is 24.8. The quantitative estimate of drug-likeness (QED) is 0.215. The normalized spacial score (nSPS) is 53.1. The summed E-state index contributed by atoms with van der Waals surface area (Å²) in [7, 11) is 0. The van der Waals surface area contributed by atoms with Gasteiger partial charge in [0.15, 0.2) is 0 Å². The molecule has 20 heavy (non-hydrogen) atoms. The second kappa shape index (κ2) is 5.40. The van der Waals surface area contributed by atoms with Gasteiger partial charge in [-0.1, -0.05) is 159 Å². The first-order chi connectivity index (χ1) is 8.90. The van der Waals surface area contributed by atoms with E-state index in [0.717, 1.165) is 17.9 Å². The number of hydrogen-bond acceptors (Lipinski definition) is 0. The Labute approximate surface area is 200 Å². The van der Waals surface area contributed by atoms with Gasteiger partial charge in [0.2, 0.25) is 0 Å². The van der Waals surface area contributed by atoms with Crippen LogP contribution in [0, 0.1) is 5.92 Å². The first-order valence-electron chi connectivity index (χ1n) is 5.11. The van der Waals surface area contributed by atoms with Gasteiger partial charge < -0.3 is 0 Å². The van der Waals surface area contributed by atoms with E-state index in [1.807, 2.05) is 0 Å². The topological polar surface area (TPSA) is 0 Å². The van der Waals surface area contributed by atoms with Crippen LogP contribution in [-0.2, 0) is 0 Å². The van der Waals surface area contributed by atoms with Gasteiger partial charge in [-0.15, -0.1) is 0 Å². The van der Waals surface area contributed by atoms with Gasteiger partial charge in [0.1, 0.15) is 3.23 Å². The van der Waals surface area contributed by atoms with Crippen LogP contribution in [0.1, 0.15) is 0 Å². The van der Waals surface area contributed by atoms with Crippen LogP contribution in [-0.4, -0.2) is 21.0 Å². The lowest BCUT2D eigenvalue weighted by Crippen LogP contribution is -2.50. The van der Waals surface area contributed by atoms with Gasteiger partial charge in [-0.05, 0) is 0 Å². The summed E-state index contributed by atoms with van der Waals surface area (Å²) in [4.78, 5) is 0.137. The first-order valence-corrected chi connectivity index (χ1v) is 13.2. The Morgan fingerprint density at radius 2 is 1.10 bits per heavy atom. The Morgan fingerprint density at radius 1 is 0.650 bits per heavy atom. The zero-order valence-electron chi connectivity index (χ0n) is 8.93. The molecule has 3 aliphatic rings. The maximum atomic E-state index is 4.02. The summed E-state index contributed by atoms with van der Waals surface area (Å²) in [6.45, 7) is 0. The van der Waals surface area contributed by atoms with Gasteiger partial charge in [-0.3, -0.25) is 0 Å². The lowest BCUT2D eigenvalue weighted by Gasteiger charge is -2.44. The molecule has 10 heteroatoms. The fourth-order valence-electron chi connectivity index (χ4n) is 3.19. The van der Waals surface area contributed by atoms with Crippen molar-refractivity contribution < 1.29 is 0 Å². The van der Waals surface area contributed by atoms with Crippen molar-refractivity contribution in [2.75, 3.05) is 0 Å². The second-order valence-electron chi connectivity index (χ2n) is 4.87. The minimum atomic E-state index is -0.389. The van der Waals surface area contributed by atoms with E-state index < -0.39 is 0 Å². The number of fused-ring (bicyclic) bond motifs is 5. The number of halogens is 10. The minimum absolute atomic E-state index is 0.137. The summed E-state index contributed by atoms with van der Waals surface area (Å²) in [6.07, 6.45) is 0. The van der Waals surface area contributed by atoms with Crippen molar-refractivity contribution >= 4 is 159 Å². The third kappa shape index (κ3) is 1.78. The average Bonchev–Trinajstić information content (AvgIpc) is 2.67. The molecule has 3 rings (SSSR count). The zero-order chi connectivity index (χ0) is 15.5. The van der Waals surface area contributed by atoms with Gasteiger partial charge in [0, 0.05) is 23.8 Å². The summed E-state index contributed by atoms with van der Waals surface area (Å²) in [5, 5.41) is 0. The molecule has 0 amide bonds. The maximum absolute atomic E-state index is 4.02. The number of alkyl halides is 6. The molecule has 0 aromatic rings. The van der Waals surface area contributed by atoms with Crippen LogP contribution >= 0.6 is 159 Å². The van der Waals surface area contributed by atoms with Crippen LogP contribution in [0.3, 0.4) is 0 Å². The van der Waals surface area contributed by atoms with Crippen molar-refractivity contribution in [3.8, 4) is 0 Å². The molecule has 0 aliphatic heterocycles. The molecule has 0 aromatic heterocycles. The maximum Gasteiger partial charge on any atom is 0.119 e. The average molecular weight is 921 g/mol. The standard InChI is InChI=1S/C10H2Br10/c11-1-2(12)9(18)6(15)7(1,16)5-8(9,17)3(13)4(14)10(5,19)20/h5-6H. The van der Waals surface area contributed by atoms with E-state index in [1.165, 1.54) is 0 Å². The Balaban J connectivity index is 2.42. The predicted molar refractivity (Wildman–Crippen MR) is 122 cm³/mol. The highest BCUT2D eigenvalue weighted by Gasteiger charge is 2.85. The Hall–Kier alpha value is 4.28. The fourth-order valence-corrected chi connectivity index (χ4v) is 17.3. The van der Waals surface area contributed by atoms with Crippen molar-refractivity contribution in [2.24, 2.45) is 5.92 Å². The van der Waals surface area contributed by atoms with Gasteiger partial charge in [-0.2, -0.15) is 0 Å². The summed E-state index contributed by atoms with van der Waals surface area (Å²) in [5.74, 6) is 0.144. The van der Waals surface area contributed by atoms with Crippen molar-refractivity contribution in [1.82, 2.24) is 0 Å². The second-order valence-corrected chi connectivity index (χ2v) is 16.3. The third-order valence-electron chi connectivity index (χ3n) is 4.08. The van der Waals surface area contributed by atoms with E-state index in [1.54, 1.807) is 0 Å². The van der Waals surface area contributed by atoms with Crippen LogP contribution in [0.4, 0.5) is 0 Å². The Kier molecular flexibility index (Phi) is 5.14. The van der Waals surface area contributed by atoms with Gasteiger partial charge in [0.25, 0.3) is 0 Å². The van der Waals surface area contributed by atoms with Crippen molar-refractivity contribution in [2.45, 2.75) is 21.0 Å². The molecule has 5 atom stereocenters. The number of rotatable bonds is 0. The van der Waals surface area contributed by atoms with Crippen LogP contribution in [0.5, 0.6) is 0 Å². The van der Waals surface area contributed by atoms with Crippen LogP contribution in [0.2, 0.25) is 0 Å². The molecule has 2 bridgehead atoms. The first kappa shape index (κ1) is 19.1.